The van der Waals surface area contributed by atoms with Crippen LogP contribution in [0.2, 0.25) is 0 Å². The Hall–Kier alpha value is -2.49. The monoisotopic (exact) mass is 267 g/mol. The van der Waals surface area contributed by atoms with E-state index in [9.17, 15) is 14.9 Å². The zero-order valence-corrected chi connectivity index (χ0v) is 11.1. The third-order valence-corrected chi connectivity index (χ3v) is 3.73. The third-order valence-electron chi connectivity index (χ3n) is 3.73. The summed E-state index contributed by atoms with van der Waals surface area (Å²) in [6.45, 7) is 1.83. The number of rotatable bonds is 3. The molecule has 3 rings (SSSR count). The summed E-state index contributed by atoms with van der Waals surface area (Å²) in [6, 6.07) is 10.6. The van der Waals surface area contributed by atoms with E-state index in [4.69, 9.17) is 0 Å². The number of nitrogens with zero attached hydrogens (tertiary/aromatic N) is 1. The van der Waals surface area contributed by atoms with E-state index >= 15 is 0 Å². The summed E-state index contributed by atoms with van der Waals surface area (Å²) >= 11 is 0. The first-order valence-electron chi connectivity index (χ1n) is 6.54. The summed E-state index contributed by atoms with van der Waals surface area (Å²) < 4.78 is 0. The lowest BCUT2D eigenvalue weighted by atomic mass is 10.00. The van der Waals surface area contributed by atoms with Crippen molar-refractivity contribution in [3.05, 3.63) is 63.2 Å². The van der Waals surface area contributed by atoms with Gasteiger partial charge in [-0.3, -0.25) is 14.9 Å². The maximum atomic E-state index is 11.8. The Bertz CT molecular complexity index is 734. The van der Waals surface area contributed by atoms with Crippen molar-refractivity contribution < 1.29 is 9.72 Å². The van der Waals surface area contributed by atoms with Crippen LogP contribution in [0.5, 0.6) is 0 Å². The number of Topliss-reactive ketones (excluding diaryl/α,β-unsaturated/α-hetero) is 1. The fraction of sp³-hybridized carbons (Fsp3) is 0.188. The molecule has 1 aliphatic carbocycles. The largest absolute Gasteiger partial charge is 0.294 e. The summed E-state index contributed by atoms with van der Waals surface area (Å²) in [6.07, 6.45) is 1.23. The van der Waals surface area contributed by atoms with Gasteiger partial charge >= 0.3 is 0 Å². The van der Waals surface area contributed by atoms with Gasteiger partial charge in [0.05, 0.1) is 4.92 Å². The lowest BCUT2D eigenvalue weighted by Gasteiger charge is -2.04. The van der Waals surface area contributed by atoms with E-state index in [0.717, 1.165) is 28.7 Å². The van der Waals surface area contributed by atoms with Gasteiger partial charge in [-0.25, -0.2) is 0 Å². The fourth-order valence-electron chi connectivity index (χ4n) is 2.65. The Morgan fingerprint density at radius 3 is 2.45 bits per heavy atom. The van der Waals surface area contributed by atoms with Crippen molar-refractivity contribution in [2.75, 3.05) is 0 Å². The Kier molecular flexibility index (Phi) is 2.86. The molecule has 0 spiro atoms. The summed E-state index contributed by atoms with van der Waals surface area (Å²) in [5, 5.41) is 10.9. The highest BCUT2D eigenvalue weighted by atomic mass is 16.6. The molecule has 2 aromatic rings. The number of nitro groups is 1. The minimum Gasteiger partial charge on any atom is -0.294 e. The van der Waals surface area contributed by atoms with E-state index in [2.05, 4.69) is 0 Å². The van der Waals surface area contributed by atoms with Gasteiger partial charge in [-0.2, -0.15) is 0 Å². The molecule has 2 aromatic carbocycles. The summed E-state index contributed by atoms with van der Waals surface area (Å²) in [4.78, 5) is 22.3. The average Bonchev–Trinajstić information content (AvgIpc) is 2.83. The molecule has 0 saturated heterocycles. The maximum Gasteiger partial charge on any atom is 0.270 e. The van der Waals surface area contributed by atoms with Crippen molar-refractivity contribution in [1.29, 1.82) is 0 Å². The van der Waals surface area contributed by atoms with Crippen LogP contribution in [0.3, 0.4) is 0 Å². The van der Waals surface area contributed by atoms with Gasteiger partial charge in [-0.1, -0.05) is 25.1 Å². The van der Waals surface area contributed by atoms with Crippen molar-refractivity contribution in [3.8, 4) is 11.1 Å². The van der Waals surface area contributed by atoms with Crippen molar-refractivity contribution in [2.45, 2.75) is 19.8 Å². The normalized spacial score (nSPS) is 11.8. The molecule has 4 heteroatoms. The van der Waals surface area contributed by atoms with Crippen LogP contribution < -0.4 is 0 Å². The summed E-state index contributed by atoms with van der Waals surface area (Å²) in [7, 11) is 0. The lowest BCUT2D eigenvalue weighted by Crippen LogP contribution is -1.97. The molecule has 0 aliphatic heterocycles. The van der Waals surface area contributed by atoms with Gasteiger partial charge in [-0.05, 0) is 34.7 Å². The van der Waals surface area contributed by atoms with Crippen molar-refractivity contribution in [2.24, 2.45) is 0 Å². The second-order valence-electron chi connectivity index (χ2n) is 4.92. The van der Waals surface area contributed by atoms with Crippen molar-refractivity contribution >= 4 is 11.5 Å². The minimum atomic E-state index is -0.390. The van der Waals surface area contributed by atoms with Crippen LogP contribution in [0.15, 0.2) is 36.4 Å². The van der Waals surface area contributed by atoms with Crippen LogP contribution in [0.1, 0.15) is 34.8 Å². The molecule has 0 saturated carbocycles. The smallest absolute Gasteiger partial charge is 0.270 e. The second-order valence-corrected chi connectivity index (χ2v) is 4.92. The van der Waals surface area contributed by atoms with E-state index in [1.54, 1.807) is 12.1 Å². The summed E-state index contributed by atoms with van der Waals surface area (Å²) in [5.41, 5.74) is 4.78. The molecular weight excluding hydrogens is 254 g/mol. The molecule has 100 valence electrons. The van der Waals surface area contributed by atoms with E-state index in [0.29, 0.717) is 12.0 Å². The Labute approximate surface area is 116 Å². The van der Waals surface area contributed by atoms with Crippen molar-refractivity contribution in [1.82, 2.24) is 0 Å². The lowest BCUT2D eigenvalue weighted by molar-refractivity contribution is -0.384. The van der Waals surface area contributed by atoms with E-state index in [-0.39, 0.29) is 16.4 Å². The number of fused-ring (bicyclic) bond motifs is 3. The van der Waals surface area contributed by atoms with Crippen LogP contribution in [0.4, 0.5) is 5.69 Å². The molecule has 0 aromatic heterocycles. The van der Waals surface area contributed by atoms with Gasteiger partial charge in [0, 0.05) is 24.1 Å². The second kappa shape index (κ2) is 4.56. The van der Waals surface area contributed by atoms with E-state index < -0.39 is 0 Å². The highest BCUT2D eigenvalue weighted by molar-refractivity contribution is 5.98. The van der Waals surface area contributed by atoms with Crippen molar-refractivity contribution in [3.63, 3.8) is 0 Å². The standard InChI is InChI=1S/C16H13NO3/c1-2-16(18)12-4-3-10-7-11-5-6-13(17(19)20)9-15(11)14(10)8-12/h3-6,8-9H,2,7H2,1H3. The predicted molar refractivity (Wildman–Crippen MR) is 76.0 cm³/mol. The number of carbonyl (C=O) groups excluding carboxylic acids is 1. The first-order chi connectivity index (χ1) is 9.60. The molecule has 0 bridgehead atoms. The minimum absolute atomic E-state index is 0.0869. The fourth-order valence-corrected chi connectivity index (χ4v) is 2.65. The molecular formula is C16H13NO3. The molecule has 0 atom stereocenters. The predicted octanol–water partition coefficient (Wildman–Crippen LogP) is 3.76. The van der Waals surface area contributed by atoms with Gasteiger partial charge in [0.2, 0.25) is 0 Å². The Morgan fingerprint density at radius 2 is 1.80 bits per heavy atom. The maximum absolute atomic E-state index is 11.8. The van der Waals surface area contributed by atoms with Crippen LogP contribution in [0, 0.1) is 10.1 Å². The highest BCUT2D eigenvalue weighted by Gasteiger charge is 2.22. The molecule has 0 unspecified atom stereocenters. The van der Waals surface area contributed by atoms with Crippen LogP contribution in [-0.4, -0.2) is 10.7 Å². The zero-order valence-electron chi connectivity index (χ0n) is 11.1. The van der Waals surface area contributed by atoms with Crippen LogP contribution >= 0.6 is 0 Å². The summed E-state index contributed by atoms with van der Waals surface area (Å²) in [5.74, 6) is 0.0895. The molecule has 20 heavy (non-hydrogen) atoms. The van der Waals surface area contributed by atoms with Gasteiger partial charge < -0.3 is 0 Å². The number of hydrogen-bond acceptors (Lipinski definition) is 3. The quantitative estimate of drug-likeness (QED) is 0.412. The average molecular weight is 267 g/mol. The Balaban J connectivity index is 2.14. The van der Waals surface area contributed by atoms with Gasteiger partial charge in [0.25, 0.3) is 5.69 Å². The number of nitro benzene ring substituents is 1. The number of non-ortho nitro benzene ring substituents is 1. The molecule has 0 N–H and O–H groups in total. The third kappa shape index (κ3) is 1.90. The van der Waals surface area contributed by atoms with Crippen LogP contribution in [-0.2, 0) is 6.42 Å². The number of ketones is 1. The van der Waals surface area contributed by atoms with Gasteiger partial charge in [0.1, 0.15) is 0 Å². The van der Waals surface area contributed by atoms with Gasteiger partial charge in [-0.15, -0.1) is 0 Å². The van der Waals surface area contributed by atoms with E-state index in [1.807, 2.05) is 25.1 Å². The van der Waals surface area contributed by atoms with Gasteiger partial charge in [0.15, 0.2) is 5.78 Å². The first kappa shape index (κ1) is 12.5. The molecule has 0 fully saturated rings. The topological polar surface area (TPSA) is 60.2 Å². The first-order valence-corrected chi connectivity index (χ1v) is 6.54. The molecule has 0 amide bonds. The molecule has 4 nitrogen and oxygen atoms in total. The SMILES string of the molecule is CCC(=O)c1ccc2c(c1)-c1cc([N+](=O)[O-])ccc1C2. The van der Waals surface area contributed by atoms with E-state index in [1.165, 1.54) is 6.07 Å². The zero-order chi connectivity index (χ0) is 14.3. The highest BCUT2D eigenvalue weighted by Crippen LogP contribution is 2.39. The van der Waals surface area contributed by atoms with Crippen LogP contribution in [0.25, 0.3) is 11.1 Å². The number of hydrogen-bond donors (Lipinski definition) is 0. The number of benzene rings is 2. The molecule has 1 aliphatic rings. The molecule has 0 radical (unpaired) electrons. The number of carbonyl (C=O) groups is 1. The molecule has 0 heterocycles. The Morgan fingerprint density at radius 1 is 1.15 bits per heavy atom.